The lowest BCUT2D eigenvalue weighted by atomic mass is 10.1. The van der Waals surface area contributed by atoms with Crippen LogP contribution < -0.4 is 20.7 Å². The first kappa shape index (κ1) is 25.6. The zero-order chi connectivity index (χ0) is 25.3. The number of alkyl halides is 3. The van der Waals surface area contributed by atoms with Crippen molar-refractivity contribution in [3.05, 3.63) is 83.9 Å². The van der Waals surface area contributed by atoms with Crippen molar-refractivity contribution in [3.63, 3.8) is 0 Å². The molecule has 3 aromatic carbocycles. The summed E-state index contributed by atoms with van der Waals surface area (Å²) in [4.78, 5) is 24.9. The molecule has 0 atom stereocenters. The Balaban J connectivity index is 1.55. The van der Waals surface area contributed by atoms with Gasteiger partial charge in [0, 0.05) is 28.7 Å². The maximum Gasteiger partial charge on any atom is 0.416 e. The minimum atomic E-state index is -4.51. The summed E-state index contributed by atoms with van der Waals surface area (Å²) >= 11 is 0. The highest BCUT2D eigenvalue weighted by atomic mass is 19.4. The van der Waals surface area contributed by atoms with Gasteiger partial charge in [-0.3, -0.25) is 9.59 Å². The molecule has 0 aliphatic heterocycles. The third-order valence-electron chi connectivity index (χ3n) is 4.91. The van der Waals surface area contributed by atoms with Gasteiger partial charge in [-0.1, -0.05) is 31.5 Å². The number of amides is 2. The van der Waals surface area contributed by atoms with E-state index in [9.17, 15) is 22.8 Å². The number of ether oxygens (including phenoxy) is 1. The van der Waals surface area contributed by atoms with Crippen molar-refractivity contribution in [3.8, 4) is 5.75 Å². The van der Waals surface area contributed by atoms with Crippen LogP contribution in [0.3, 0.4) is 0 Å². The van der Waals surface area contributed by atoms with Gasteiger partial charge in [-0.05, 0) is 55.0 Å². The van der Waals surface area contributed by atoms with Crippen LogP contribution in [0.1, 0.15) is 35.7 Å². The van der Waals surface area contributed by atoms with Gasteiger partial charge in [-0.15, -0.1) is 0 Å². The van der Waals surface area contributed by atoms with Gasteiger partial charge in [0.15, 0.2) is 0 Å². The van der Waals surface area contributed by atoms with E-state index >= 15 is 0 Å². The first-order chi connectivity index (χ1) is 16.7. The smallest absolute Gasteiger partial charge is 0.416 e. The number of unbranched alkanes of at least 4 members (excludes halogenated alkanes) is 1. The molecule has 35 heavy (non-hydrogen) atoms. The molecule has 0 aliphatic rings. The lowest BCUT2D eigenvalue weighted by Gasteiger charge is -2.12. The van der Waals surface area contributed by atoms with Gasteiger partial charge in [0.1, 0.15) is 5.75 Å². The summed E-state index contributed by atoms with van der Waals surface area (Å²) in [6, 6.07) is 17.8. The van der Waals surface area contributed by atoms with Crippen LogP contribution in [-0.2, 0) is 11.0 Å². The Morgan fingerprint density at radius 1 is 0.857 bits per heavy atom. The molecule has 0 saturated heterocycles. The third kappa shape index (κ3) is 8.06. The Morgan fingerprint density at radius 3 is 2.29 bits per heavy atom. The zero-order valence-corrected chi connectivity index (χ0v) is 19.1. The molecule has 3 aromatic rings. The van der Waals surface area contributed by atoms with Gasteiger partial charge >= 0.3 is 6.18 Å². The summed E-state index contributed by atoms with van der Waals surface area (Å²) in [5.41, 5.74) is 0.511. The summed E-state index contributed by atoms with van der Waals surface area (Å²) < 4.78 is 44.3. The van der Waals surface area contributed by atoms with Crippen molar-refractivity contribution in [1.29, 1.82) is 0 Å². The van der Waals surface area contributed by atoms with Crippen LogP contribution in [0.15, 0.2) is 72.8 Å². The summed E-state index contributed by atoms with van der Waals surface area (Å²) in [6.45, 7) is 2.62. The van der Waals surface area contributed by atoms with Crippen molar-refractivity contribution in [2.45, 2.75) is 25.9 Å². The summed E-state index contributed by atoms with van der Waals surface area (Å²) in [5.74, 6) is -0.199. The van der Waals surface area contributed by atoms with E-state index in [1.807, 2.05) is 6.07 Å². The van der Waals surface area contributed by atoms with Crippen molar-refractivity contribution in [2.24, 2.45) is 0 Å². The van der Waals surface area contributed by atoms with Gasteiger partial charge in [0.2, 0.25) is 5.91 Å². The maximum absolute atomic E-state index is 12.9. The number of carbonyl (C=O) groups excluding carboxylic acids is 2. The van der Waals surface area contributed by atoms with E-state index in [0.717, 1.165) is 25.0 Å². The molecule has 0 aliphatic carbocycles. The molecule has 0 bridgehead atoms. The molecular weight excluding hydrogens is 459 g/mol. The number of carbonyl (C=O) groups is 2. The second kappa shape index (κ2) is 11.9. The lowest BCUT2D eigenvalue weighted by Crippen LogP contribution is -2.22. The fraction of sp³-hybridized carbons (Fsp3) is 0.231. The lowest BCUT2D eigenvalue weighted by molar-refractivity contribution is -0.137. The second-order valence-corrected chi connectivity index (χ2v) is 7.75. The molecule has 0 spiro atoms. The predicted octanol–water partition coefficient (Wildman–Crippen LogP) is 6.19. The van der Waals surface area contributed by atoms with Gasteiger partial charge in [0.25, 0.3) is 5.91 Å². The standard InChI is InChI=1S/C26H26F3N3O3/c1-2-3-13-35-23-12-6-11-22(16-23)31-24(33)17-30-20-9-4-7-18(14-20)25(34)32-21-10-5-8-19(15-21)26(27,28)29/h4-12,14-16,30H,2-3,13,17H2,1H3,(H,31,33)(H,32,34). The molecule has 2 amide bonds. The molecule has 0 fully saturated rings. The summed E-state index contributed by atoms with van der Waals surface area (Å²) in [6.07, 6.45) is -2.54. The average molecular weight is 486 g/mol. The van der Waals surface area contributed by atoms with Crippen molar-refractivity contribution < 1.29 is 27.5 Å². The number of rotatable bonds is 10. The molecule has 0 saturated carbocycles. The van der Waals surface area contributed by atoms with Crippen LogP contribution in [0.4, 0.5) is 30.2 Å². The Hall–Kier alpha value is -4.01. The van der Waals surface area contributed by atoms with E-state index in [-0.39, 0.29) is 23.7 Å². The first-order valence-electron chi connectivity index (χ1n) is 11.1. The number of hydrogen-bond acceptors (Lipinski definition) is 4. The Bertz CT molecular complexity index is 1170. The van der Waals surface area contributed by atoms with Crippen LogP contribution in [0.2, 0.25) is 0 Å². The summed E-state index contributed by atoms with van der Waals surface area (Å²) in [7, 11) is 0. The molecule has 3 rings (SSSR count). The number of halogens is 3. The Kier molecular flexibility index (Phi) is 8.72. The van der Waals surface area contributed by atoms with Crippen molar-refractivity contribution >= 4 is 28.9 Å². The van der Waals surface area contributed by atoms with Gasteiger partial charge in [-0.2, -0.15) is 13.2 Å². The monoisotopic (exact) mass is 485 g/mol. The molecule has 0 heterocycles. The van der Waals surface area contributed by atoms with Gasteiger partial charge in [0.05, 0.1) is 18.7 Å². The van der Waals surface area contributed by atoms with Crippen LogP contribution in [0, 0.1) is 0 Å². The van der Waals surface area contributed by atoms with Crippen LogP contribution in [0.5, 0.6) is 5.75 Å². The molecule has 9 heteroatoms. The fourth-order valence-corrected chi connectivity index (χ4v) is 3.13. The third-order valence-corrected chi connectivity index (χ3v) is 4.91. The fourth-order valence-electron chi connectivity index (χ4n) is 3.13. The minimum absolute atomic E-state index is 0.0310. The Morgan fingerprint density at radius 2 is 1.54 bits per heavy atom. The molecule has 6 nitrogen and oxygen atoms in total. The number of anilines is 3. The van der Waals surface area contributed by atoms with Crippen LogP contribution in [0.25, 0.3) is 0 Å². The normalized spacial score (nSPS) is 11.0. The summed E-state index contributed by atoms with van der Waals surface area (Å²) in [5, 5.41) is 8.18. The quantitative estimate of drug-likeness (QED) is 0.299. The van der Waals surface area contributed by atoms with Gasteiger partial charge in [-0.25, -0.2) is 0 Å². The van der Waals surface area contributed by atoms with E-state index in [1.165, 1.54) is 24.3 Å². The SMILES string of the molecule is CCCCOc1cccc(NC(=O)CNc2cccc(C(=O)Nc3cccc(C(F)(F)F)c3)c2)c1. The highest BCUT2D eigenvalue weighted by Gasteiger charge is 2.30. The van der Waals surface area contributed by atoms with E-state index in [0.29, 0.717) is 23.7 Å². The van der Waals surface area contributed by atoms with Crippen molar-refractivity contribution in [1.82, 2.24) is 0 Å². The van der Waals surface area contributed by atoms with E-state index < -0.39 is 17.6 Å². The minimum Gasteiger partial charge on any atom is -0.494 e. The predicted molar refractivity (Wildman–Crippen MR) is 130 cm³/mol. The highest BCUT2D eigenvalue weighted by Crippen LogP contribution is 2.30. The molecule has 0 unspecified atom stereocenters. The molecule has 0 aromatic heterocycles. The van der Waals surface area contributed by atoms with Gasteiger partial charge < -0.3 is 20.7 Å². The average Bonchev–Trinajstić information content (AvgIpc) is 2.83. The topological polar surface area (TPSA) is 79.5 Å². The van der Waals surface area contributed by atoms with Crippen molar-refractivity contribution in [2.75, 3.05) is 29.1 Å². The molecule has 184 valence electrons. The molecular formula is C26H26F3N3O3. The van der Waals surface area contributed by atoms with E-state index in [2.05, 4.69) is 22.9 Å². The highest BCUT2D eigenvalue weighted by molar-refractivity contribution is 6.05. The van der Waals surface area contributed by atoms with Crippen LogP contribution >= 0.6 is 0 Å². The Labute approximate surface area is 201 Å². The maximum atomic E-state index is 12.9. The van der Waals surface area contributed by atoms with Crippen LogP contribution in [-0.4, -0.2) is 25.0 Å². The number of nitrogens with one attached hydrogen (secondary N) is 3. The molecule has 3 N–H and O–H groups in total. The van der Waals surface area contributed by atoms with E-state index in [1.54, 1.807) is 30.3 Å². The first-order valence-corrected chi connectivity index (χ1v) is 11.1. The number of hydrogen-bond donors (Lipinski definition) is 3. The second-order valence-electron chi connectivity index (χ2n) is 7.75. The van der Waals surface area contributed by atoms with E-state index in [4.69, 9.17) is 4.74 Å². The zero-order valence-electron chi connectivity index (χ0n) is 19.1. The molecule has 0 radical (unpaired) electrons. The largest absolute Gasteiger partial charge is 0.494 e. The number of benzene rings is 3.